The minimum absolute atomic E-state index is 0.0146. The maximum Gasteiger partial charge on any atom is 0.226 e. The number of amides is 1. The zero-order chi connectivity index (χ0) is 17.1. The molecule has 0 aliphatic heterocycles. The highest BCUT2D eigenvalue weighted by atomic mass is 32.1. The van der Waals surface area contributed by atoms with E-state index in [1.54, 1.807) is 7.11 Å². The predicted molar refractivity (Wildman–Crippen MR) is 99.0 cm³/mol. The largest absolute Gasteiger partial charge is 0.497 e. The second-order valence-electron chi connectivity index (χ2n) is 5.84. The van der Waals surface area contributed by atoms with Crippen LogP contribution in [0, 0.1) is 13.8 Å². The fourth-order valence-electron chi connectivity index (χ4n) is 2.66. The number of rotatable bonds is 5. The van der Waals surface area contributed by atoms with E-state index in [2.05, 4.69) is 29.4 Å². The summed E-state index contributed by atoms with van der Waals surface area (Å²) in [6, 6.07) is 12.0. The summed E-state index contributed by atoms with van der Waals surface area (Å²) in [5, 5.41) is 3.58. The third-order valence-corrected chi connectivity index (χ3v) is 4.79. The smallest absolute Gasteiger partial charge is 0.226 e. The van der Waals surface area contributed by atoms with E-state index in [9.17, 15) is 4.79 Å². The standard InChI is InChI=1S/C19H20N2O2S/c1-12-10-13(2)18-16(11-12)24-19(21-18)20-17(22)9-6-14-4-7-15(23-3)8-5-14/h4-5,7-8,10-11H,6,9H2,1-3H3,(H,20,21,22). The predicted octanol–water partition coefficient (Wildman–Crippen LogP) is 4.49. The van der Waals surface area contributed by atoms with E-state index in [1.807, 2.05) is 31.2 Å². The SMILES string of the molecule is COc1ccc(CCC(=O)Nc2nc3c(C)cc(C)cc3s2)cc1. The molecule has 0 spiro atoms. The van der Waals surface area contributed by atoms with Crippen molar-refractivity contribution in [2.75, 3.05) is 12.4 Å². The van der Waals surface area contributed by atoms with Crippen LogP contribution in [0.2, 0.25) is 0 Å². The van der Waals surface area contributed by atoms with Gasteiger partial charge < -0.3 is 10.1 Å². The van der Waals surface area contributed by atoms with Crippen LogP contribution in [0.4, 0.5) is 5.13 Å². The van der Waals surface area contributed by atoms with Gasteiger partial charge in [-0.1, -0.05) is 29.5 Å². The summed E-state index contributed by atoms with van der Waals surface area (Å²) in [4.78, 5) is 16.7. The van der Waals surface area contributed by atoms with E-state index in [0.29, 0.717) is 18.0 Å². The molecule has 0 bridgehead atoms. The van der Waals surface area contributed by atoms with E-state index in [0.717, 1.165) is 27.1 Å². The van der Waals surface area contributed by atoms with E-state index in [4.69, 9.17) is 4.74 Å². The highest BCUT2D eigenvalue weighted by Crippen LogP contribution is 2.29. The van der Waals surface area contributed by atoms with Gasteiger partial charge in [-0.2, -0.15) is 0 Å². The molecule has 5 heteroatoms. The number of ether oxygens (including phenoxy) is 1. The van der Waals surface area contributed by atoms with Gasteiger partial charge in [0.25, 0.3) is 0 Å². The van der Waals surface area contributed by atoms with Crippen molar-refractivity contribution < 1.29 is 9.53 Å². The van der Waals surface area contributed by atoms with Crippen LogP contribution in [0.15, 0.2) is 36.4 Å². The van der Waals surface area contributed by atoms with Gasteiger partial charge in [0.2, 0.25) is 5.91 Å². The van der Waals surface area contributed by atoms with Gasteiger partial charge in [-0.25, -0.2) is 4.98 Å². The number of aromatic nitrogens is 1. The molecule has 0 radical (unpaired) electrons. The fourth-order valence-corrected chi connectivity index (χ4v) is 3.71. The molecular weight excluding hydrogens is 320 g/mol. The minimum atomic E-state index is -0.0146. The number of benzene rings is 2. The van der Waals surface area contributed by atoms with Gasteiger partial charge in [-0.05, 0) is 55.2 Å². The normalized spacial score (nSPS) is 10.8. The molecular formula is C19H20N2O2S. The van der Waals surface area contributed by atoms with Gasteiger partial charge >= 0.3 is 0 Å². The molecule has 0 aliphatic rings. The molecule has 0 unspecified atom stereocenters. The molecule has 1 N–H and O–H groups in total. The molecule has 24 heavy (non-hydrogen) atoms. The topological polar surface area (TPSA) is 51.2 Å². The third kappa shape index (κ3) is 3.74. The van der Waals surface area contributed by atoms with E-state index in [-0.39, 0.29) is 5.91 Å². The van der Waals surface area contributed by atoms with Crippen LogP contribution >= 0.6 is 11.3 Å². The highest BCUT2D eigenvalue weighted by Gasteiger charge is 2.10. The molecule has 0 fully saturated rings. The molecule has 0 aliphatic carbocycles. The Morgan fingerprint density at radius 3 is 2.67 bits per heavy atom. The first-order valence-electron chi connectivity index (χ1n) is 7.86. The lowest BCUT2D eigenvalue weighted by Gasteiger charge is -2.04. The van der Waals surface area contributed by atoms with Crippen LogP contribution < -0.4 is 10.1 Å². The molecule has 4 nitrogen and oxygen atoms in total. The Hall–Kier alpha value is -2.40. The van der Waals surface area contributed by atoms with E-state index < -0.39 is 0 Å². The average molecular weight is 340 g/mol. The summed E-state index contributed by atoms with van der Waals surface area (Å²) in [5.41, 5.74) is 4.43. The maximum atomic E-state index is 12.2. The lowest BCUT2D eigenvalue weighted by atomic mass is 10.1. The zero-order valence-electron chi connectivity index (χ0n) is 14.1. The highest BCUT2D eigenvalue weighted by molar-refractivity contribution is 7.22. The van der Waals surface area contributed by atoms with Crippen molar-refractivity contribution in [1.82, 2.24) is 4.98 Å². The number of methoxy groups -OCH3 is 1. The molecule has 124 valence electrons. The van der Waals surface area contributed by atoms with Crippen molar-refractivity contribution in [3.8, 4) is 5.75 Å². The van der Waals surface area contributed by atoms with E-state index >= 15 is 0 Å². The Bertz CT molecular complexity index is 869. The second kappa shape index (κ2) is 7.01. The fraction of sp³-hybridized carbons (Fsp3) is 0.263. The first kappa shape index (κ1) is 16.5. The summed E-state index contributed by atoms with van der Waals surface area (Å²) >= 11 is 1.52. The van der Waals surface area contributed by atoms with Gasteiger partial charge in [-0.3, -0.25) is 4.79 Å². The van der Waals surface area contributed by atoms with Crippen molar-refractivity contribution in [2.45, 2.75) is 26.7 Å². The Kier molecular flexibility index (Phi) is 4.81. The van der Waals surface area contributed by atoms with Crippen LogP contribution in [0.25, 0.3) is 10.2 Å². The van der Waals surface area contributed by atoms with Gasteiger partial charge in [0.05, 0.1) is 17.3 Å². The summed E-state index contributed by atoms with van der Waals surface area (Å²) in [6.45, 7) is 4.11. The maximum absolute atomic E-state index is 12.2. The molecule has 1 heterocycles. The molecule has 3 rings (SSSR count). The monoisotopic (exact) mass is 340 g/mol. The van der Waals surface area contributed by atoms with Crippen molar-refractivity contribution >= 4 is 32.6 Å². The number of aryl methyl sites for hydroxylation is 3. The van der Waals surface area contributed by atoms with Crippen LogP contribution in [-0.2, 0) is 11.2 Å². The number of nitrogens with one attached hydrogen (secondary N) is 1. The summed E-state index contributed by atoms with van der Waals surface area (Å²) in [7, 11) is 1.64. The summed E-state index contributed by atoms with van der Waals surface area (Å²) in [5.74, 6) is 0.808. The lowest BCUT2D eigenvalue weighted by Crippen LogP contribution is -2.12. The number of hydrogen-bond donors (Lipinski definition) is 1. The van der Waals surface area contributed by atoms with Gasteiger partial charge in [0, 0.05) is 6.42 Å². The summed E-state index contributed by atoms with van der Waals surface area (Å²) < 4.78 is 6.24. The van der Waals surface area contributed by atoms with E-state index in [1.165, 1.54) is 16.9 Å². The number of thiazole rings is 1. The number of anilines is 1. The number of hydrogen-bond acceptors (Lipinski definition) is 4. The van der Waals surface area contributed by atoms with Crippen molar-refractivity contribution in [1.29, 1.82) is 0 Å². The number of fused-ring (bicyclic) bond motifs is 1. The molecule has 1 aromatic heterocycles. The van der Waals surface area contributed by atoms with Crippen LogP contribution in [0.1, 0.15) is 23.1 Å². The van der Waals surface area contributed by atoms with Gasteiger partial charge in [0.15, 0.2) is 5.13 Å². The average Bonchev–Trinajstić information content (AvgIpc) is 2.96. The third-order valence-electron chi connectivity index (χ3n) is 3.88. The van der Waals surface area contributed by atoms with Gasteiger partial charge in [0.1, 0.15) is 5.75 Å². The zero-order valence-corrected chi connectivity index (χ0v) is 14.9. The molecule has 3 aromatic rings. The Labute approximate surface area is 145 Å². The lowest BCUT2D eigenvalue weighted by molar-refractivity contribution is -0.116. The molecule has 0 saturated heterocycles. The second-order valence-corrected chi connectivity index (χ2v) is 6.87. The molecule has 0 atom stereocenters. The van der Waals surface area contributed by atoms with Crippen LogP contribution in [-0.4, -0.2) is 18.0 Å². The first-order valence-corrected chi connectivity index (χ1v) is 8.67. The Morgan fingerprint density at radius 2 is 1.96 bits per heavy atom. The quantitative estimate of drug-likeness (QED) is 0.744. The summed E-state index contributed by atoms with van der Waals surface area (Å²) in [6.07, 6.45) is 1.12. The molecule has 1 amide bonds. The Morgan fingerprint density at radius 1 is 1.21 bits per heavy atom. The molecule has 0 saturated carbocycles. The van der Waals surface area contributed by atoms with Crippen molar-refractivity contribution in [3.63, 3.8) is 0 Å². The van der Waals surface area contributed by atoms with Crippen molar-refractivity contribution in [2.24, 2.45) is 0 Å². The molecule has 2 aromatic carbocycles. The Balaban J connectivity index is 1.63. The number of nitrogens with zero attached hydrogens (tertiary/aromatic N) is 1. The van der Waals surface area contributed by atoms with Gasteiger partial charge in [-0.15, -0.1) is 0 Å². The first-order chi connectivity index (χ1) is 11.5. The minimum Gasteiger partial charge on any atom is -0.497 e. The number of carbonyl (C=O) groups is 1. The van der Waals surface area contributed by atoms with Crippen molar-refractivity contribution in [3.05, 3.63) is 53.1 Å². The van der Waals surface area contributed by atoms with Crippen LogP contribution in [0.3, 0.4) is 0 Å². The van der Waals surface area contributed by atoms with Crippen LogP contribution in [0.5, 0.6) is 5.75 Å². The number of carbonyl (C=O) groups excluding carboxylic acids is 1.